The molecular weight excluding hydrogens is 218 g/mol. The Morgan fingerprint density at radius 2 is 2.41 bits per heavy atom. The van der Waals surface area contributed by atoms with E-state index in [4.69, 9.17) is 9.84 Å². The summed E-state index contributed by atoms with van der Waals surface area (Å²) >= 11 is 0. The quantitative estimate of drug-likeness (QED) is 0.810. The second-order valence-electron chi connectivity index (χ2n) is 4.41. The SMILES string of the molecule is CC(CNCc1ccc2c(c1)CCO2)C(=O)O. The van der Waals surface area contributed by atoms with E-state index < -0.39 is 5.97 Å². The fourth-order valence-corrected chi connectivity index (χ4v) is 1.87. The van der Waals surface area contributed by atoms with Crippen LogP contribution in [0, 0.1) is 5.92 Å². The monoisotopic (exact) mass is 235 g/mol. The van der Waals surface area contributed by atoms with Gasteiger partial charge in [0.2, 0.25) is 0 Å². The molecule has 1 aromatic carbocycles. The standard InChI is InChI=1S/C13H17NO3/c1-9(13(15)16)7-14-8-10-2-3-12-11(6-10)4-5-17-12/h2-3,6,9,14H,4-5,7-8H2,1H3,(H,15,16). The molecule has 0 saturated carbocycles. The number of rotatable bonds is 5. The van der Waals surface area contributed by atoms with Gasteiger partial charge in [0.15, 0.2) is 0 Å². The Labute approximate surface area is 101 Å². The molecule has 1 heterocycles. The van der Waals surface area contributed by atoms with Crippen molar-refractivity contribution in [2.45, 2.75) is 19.9 Å². The molecule has 92 valence electrons. The van der Waals surface area contributed by atoms with E-state index in [1.54, 1.807) is 6.92 Å². The number of hydrogen-bond acceptors (Lipinski definition) is 3. The Balaban J connectivity index is 1.85. The van der Waals surface area contributed by atoms with E-state index in [1.807, 2.05) is 12.1 Å². The van der Waals surface area contributed by atoms with Crippen LogP contribution in [0.3, 0.4) is 0 Å². The van der Waals surface area contributed by atoms with Crippen molar-refractivity contribution in [3.63, 3.8) is 0 Å². The van der Waals surface area contributed by atoms with E-state index >= 15 is 0 Å². The van der Waals surface area contributed by atoms with Crippen molar-refractivity contribution in [3.8, 4) is 5.75 Å². The molecule has 0 saturated heterocycles. The molecule has 4 heteroatoms. The van der Waals surface area contributed by atoms with Crippen LogP contribution in [-0.4, -0.2) is 24.2 Å². The highest BCUT2D eigenvalue weighted by Gasteiger charge is 2.12. The molecule has 0 bridgehead atoms. The van der Waals surface area contributed by atoms with E-state index in [9.17, 15) is 4.79 Å². The Hall–Kier alpha value is -1.55. The molecule has 1 atom stereocenters. The predicted molar refractivity (Wildman–Crippen MR) is 64.1 cm³/mol. The zero-order valence-electron chi connectivity index (χ0n) is 9.90. The average molecular weight is 235 g/mol. The molecule has 4 nitrogen and oxygen atoms in total. The molecule has 0 fully saturated rings. The summed E-state index contributed by atoms with van der Waals surface area (Å²) in [5, 5.41) is 11.9. The largest absolute Gasteiger partial charge is 0.493 e. The summed E-state index contributed by atoms with van der Waals surface area (Å²) < 4.78 is 5.43. The Bertz CT molecular complexity index is 417. The normalized spacial score (nSPS) is 15.1. The zero-order chi connectivity index (χ0) is 12.3. The van der Waals surface area contributed by atoms with E-state index in [0.717, 1.165) is 18.8 Å². The minimum atomic E-state index is -0.764. The minimum absolute atomic E-state index is 0.354. The van der Waals surface area contributed by atoms with Gasteiger partial charge in [0.25, 0.3) is 0 Å². The summed E-state index contributed by atoms with van der Waals surface area (Å²) in [5.41, 5.74) is 2.42. The number of nitrogens with one attached hydrogen (secondary N) is 1. The topological polar surface area (TPSA) is 58.6 Å². The van der Waals surface area contributed by atoms with Gasteiger partial charge in [-0.1, -0.05) is 19.1 Å². The maximum atomic E-state index is 10.6. The first kappa shape index (κ1) is 11.9. The first-order valence-electron chi connectivity index (χ1n) is 5.85. The third-order valence-electron chi connectivity index (χ3n) is 2.96. The first-order valence-corrected chi connectivity index (χ1v) is 5.85. The summed E-state index contributed by atoms with van der Waals surface area (Å²) in [4.78, 5) is 10.6. The van der Waals surface area contributed by atoms with Crippen LogP contribution in [0.1, 0.15) is 18.1 Å². The third-order valence-corrected chi connectivity index (χ3v) is 2.96. The summed E-state index contributed by atoms with van der Waals surface area (Å²) in [6.07, 6.45) is 0.967. The molecule has 1 aliphatic heterocycles. The van der Waals surface area contributed by atoms with Crippen LogP contribution in [0.5, 0.6) is 5.75 Å². The van der Waals surface area contributed by atoms with Gasteiger partial charge in [0.1, 0.15) is 5.75 Å². The average Bonchev–Trinajstić information content (AvgIpc) is 2.75. The van der Waals surface area contributed by atoms with Gasteiger partial charge in [0.05, 0.1) is 12.5 Å². The molecule has 1 aromatic rings. The van der Waals surface area contributed by atoms with Gasteiger partial charge in [-0.05, 0) is 17.2 Å². The zero-order valence-corrected chi connectivity index (χ0v) is 9.90. The molecule has 1 aliphatic rings. The van der Waals surface area contributed by atoms with Crippen LogP contribution in [0.15, 0.2) is 18.2 Å². The van der Waals surface area contributed by atoms with Crippen molar-refractivity contribution < 1.29 is 14.6 Å². The first-order chi connectivity index (χ1) is 8.16. The molecular formula is C13H17NO3. The van der Waals surface area contributed by atoms with Crippen molar-refractivity contribution in [3.05, 3.63) is 29.3 Å². The highest BCUT2D eigenvalue weighted by molar-refractivity contribution is 5.69. The van der Waals surface area contributed by atoms with Crippen molar-refractivity contribution in [1.82, 2.24) is 5.32 Å². The highest BCUT2D eigenvalue weighted by Crippen LogP contribution is 2.25. The maximum Gasteiger partial charge on any atom is 0.307 e. The van der Waals surface area contributed by atoms with Crippen molar-refractivity contribution in [1.29, 1.82) is 0 Å². The van der Waals surface area contributed by atoms with Crippen molar-refractivity contribution in [2.75, 3.05) is 13.2 Å². The molecule has 0 aliphatic carbocycles. The summed E-state index contributed by atoms with van der Waals surface area (Å²) in [6.45, 7) is 3.65. The summed E-state index contributed by atoms with van der Waals surface area (Å²) in [6, 6.07) is 6.13. The van der Waals surface area contributed by atoms with Gasteiger partial charge in [0, 0.05) is 19.5 Å². The van der Waals surface area contributed by atoms with Crippen LogP contribution in [0.25, 0.3) is 0 Å². The van der Waals surface area contributed by atoms with Gasteiger partial charge in [-0.25, -0.2) is 0 Å². The predicted octanol–water partition coefficient (Wildman–Crippen LogP) is 1.43. The van der Waals surface area contributed by atoms with E-state index in [0.29, 0.717) is 13.1 Å². The van der Waals surface area contributed by atoms with Gasteiger partial charge >= 0.3 is 5.97 Å². The van der Waals surface area contributed by atoms with Gasteiger partial charge in [-0.2, -0.15) is 0 Å². The smallest absolute Gasteiger partial charge is 0.307 e. The lowest BCUT2D eigenvalue weighted by Gasteiger charge is -2.09. The number of aliphatic carboxylic acids is 1. The highest BCUT2D eigenvalue weighted by atomic mass is 16.5. The van der Waals surface area contributed by atoms with Gasteiger partial charge in [-0.3, -0.25) is 4.79 Å². The van der Waals surface area contributed by atoms with E-state index in [-0.39, 0.29) is 5.92 Å². The molecule has 0 radical (unpaired) electrons. The van der Waals surface area contributed by atoms with Crippen LogP contribution in [0.4, 0.5) is 0 Å². The number of ether oxygens (including phenoxy) is 1. The number of hydrogen-bond donors (Lipinski definition) is 2. The lowest BCUT2D eigenvalue weighted by Crippen LogP contribution is -2.25. The maximum absolute atomic E-state index is 10.6. The van der Waals surface area contributed by atoms with Crippen molar-refractivity contribution >= 4 is 5.97 Å². The number of benzene rings is 1. The molecule has 1 unspecified atom stereocenters. The lowest BCUT2D eigenvalue weighted by atomic mass is 10.1. The molecule has 2 rings (SSSR count). The Morgan fingerprint density at radius 1 is 1.59 bits per heavy atom. The lowest BCUT2D eigenvalue weighted by molar-refractivity contribution is -0.140. The molecule has 0 amide bonds. The molecule has 0 aromatic heterocycles. The minimum Gasteiger partial charge on any atom is -0.493 e. The van der Waals surface area contributed by atoms with Crippen LogP contribution in [-0.2, 0) is 17.8 Å². The molecule has 2 N–H and O–H groups in total. The molecule has 17 heavy (non-hydrogen) atoms. The second-order valence-corrected chi connectivity index (χ2v) is 4.41. The van der Waals surface area contributed by atoms with Gasteiger partial charge in [-0.15, -0.1) is 0 Å². The number of fused-ring (bicyclic) bond motifs is 1. The van der Waals surface area contributed by atoms with Gasteiger partial charge < -0.3 is 15.2 Å². The fourth-order valence-electron chi connectivity index (χ4n) is 1.87. The van der Waals surface area contributed by atoms with E-state index in [1.165, 1.54) is 11.1 Å². The molecule has 0 spiro atoms. The third kappa shape index (κ3) is 2.97. The van der Waals surface area contributed by atoms with Crippen molar-refractivity contribution in [2.24, 2.45) is 5.92 Å². The Morgan fingerprint density at radius 3 is 3.18 bits per heavy atom. The number of carboxylic acid groups (broad SMARTS) is 1. The summed E-state index contributed by atoms with van der Waals surface area (Å²) in [7, 11) is 0. The Kier molecular flexibility index (Phi) is 3.64. The number of carboxylic acids is 1. The van der Waals surface area contributed by atoms with E-state index in [2.05, 4.69) is 11.4 Å². The number of carbonyl (C=O) groups is 1. The second kappa shape index (κ2) is 5.19. The van der Waals surface area contributed by atoms with Crippen LogP contribution in [0.2, 0.25) is 0 Å². The van der Waals surface area contributed by atoms with Crippen LogP contribution >= 0.6 is 0 Å². The van der Waals surface area contributed by atoms with Crippen LogP contribution < -0.4 is 10.1 Å². The summed E-state index contributed by atoms with van der Waals surface area (Å²) in [5.74, 6) is -0.139. The fraction of sp³-hybridized carbons (Fsp3) is 0.462.